The Balaban J connectivity index is 1.88. The molecular weight excluding hydrogens is 685 g/mol. The molecule has 5 nitrogen and oxygen atoms in total. The molecule has 0 spiro atoms. The lowest BCUT2D eigenvalue weighted by molar-refractivity contribution is 0.304. The number of rotatable bonds is 14. The molecule has 7 heteroatoms. The van der Waals surface area contributed by atoms with Crippen molar-refractivity contribution in [2.24, 2.45) is 0 Å². The van der Waals surface area contributed by atoms with Crippen molar-refractivity contribution in [2.45, 2.75) is 114 Å². The molecule has 1 aliphatic carbocycles. The minimum Gasteiger partial charge on any atom is -0.493 e. The molecule has 0 saturated carbocycles. The summed E-state index contributed by atoms with van der Waals surface area (Å²) in [5.74, 6) is 3.67. The summed E-state index contributed by atoms with van der Waals surface area (Å²) in [6.07, 6.45) is 8.22. The Morgan fingerprint density at radius 1 is 0.558 bits per heavy atom. The van der Waals surface area contributed by atoms with E-state index in [0.29, 0.717) is 52.1 Å². The Bertz CT molecular complexity index is 1840. The maximum Gasteiger partial charge on any atom is 0.127 e. The molecule has 0 aromatic heterocycles. The highest BCUT2D eigenvalue weighted by Gasteiger charge is 2.30. The van der Waals surface area contributed by atoms with Gasteiger partial charge < -0.3 is 18.9 Å². The van der Waals surface area contributed by atoms with Gasteiger partial charge in [-0.15, -0.1) is 11.8 Å². The minimum absolute atomic E-state index is 0.448. The van der Waals surface area contributed by atoms with Crippen LogP contribution in [-0.4, -0.2) is 41.6 Å². The Kier molecular flexibility index (Phi) is 14.2. The lowest BCUT2D eigenvalue weighted by atomic mass is 9.91. The number of hydrogen-bond acceptors (Lipinski definition) is 6. The SMILES string of the molecule is CCCOc1c2cccc1Cc1cccc(c1OCCC)Cc1c(OCCC)c(cc(S(=O)C(C)(C)C)c1SC)Cc1cccc(c1OCCC)C2. The van der Waals surface area contributed by atoms with Crippen molar-refractivity contribution >= 4 is 22.6 Å². The molecule has 1 atom stereocenters. The Labute approximate surface area is 319 Å². The number of benzene rings is 4. The van der Waals surface area contributed by atoms with E-state index in [1.54, 1.807) is 11.8 Å². The summed E-state index contributed by atoms with van der Waals surface area (Å²) in [7, 11) is -1.27. The smallest absolute Gasteiger partial charge is 0.127 e. The zero-order chi connectivity index (χ0) is 37.3. The van der Waals surface area contributed by atoms with Gasteiger partial charge in [-0.05, 0) is 92.2 Å². The number of para-hydroxylation sites is 3. The number of thioether (sulfide) groups is 1. The van der Waals surface area contributed by atoms with Crippen LogP contribution in [0.2, 0.25) is 0 Å². The van der Waals surface area contributed by atoms with Gasteiger partial charge >= 0.3 is 0 Å². The maximum absolute atomic E-state index is 14.4. The van der Waals surface area contributed by atoms with E-state index in [1.807, 2.05) is 0 Å². The van der Waals surface area contributed by atoms with Crippen molar-refractivity contribution in [3.8, 4) is 23.0 Å². The van der Waals surface area contributed by atoms with Crippen LogP contribution >= 0.6 is 11.8 Å². The van der Waals surface area contributed by atoms with Gasteiger partial charge in [-0.2, -0.15) is 0 Å². The van der Waals surface area contributed by atoms with E-state index in [0.717, 1.165) is 103 Å². The fraction of sp³-hybridized carbons (Fsp3) is 0.467. The Hall–Kier alpha value is -3.42. The molecule has 280 valence electrons. The fourth-order valence-corrected chi connectivity index (χ4v) is 9.18. The van der Waals surface area contributed by atoms with Gasteiger partial charge in [0.15, 0.2) is 0 Å². The van der Waals surface area contributed by atoms with Crippen molar-refractivity contribution in [3.63, 3.8) is 0 Å². The predicted octanol–water partition coefficient (Wildman–Crippen LogP) is 11.1. The summed E-state index contributed by atoms with van der Waals surface area (Å²) in [5.41, 5.74) is 8.83. The molecule has 5 rings (SSSR count). The molecule has 0 N–H and O–H groups in total. The van der Waals surface area contributed by atoms with Gasteiger partial charge in [0, 0.05) is 46.5 Å². The molecule has 0 aliphatic heterocycles. The van der Waals surface area contributed by atoms with E-state index in [-0.39, 0.29) is 0 Å². The molecular formula is C45H58O5S2. The summed E-state index contributed by atoms with van der Waals surface area (Å²) in [6, 6.07) is 21.7. The van der Waals surface area contributed by atoms with Gasteiger partial charge in [0.1, 0.15) is 23.0 Å². The first-order valence-electron chi connectivity index (χ1n) is 19.1. The quantitative estimate of drug-likeness (QED) is 0.106. The molecule has 4 aromatic carbocycles. The zero-order valence-corrected chi connectivity index (χ0v) is 34.2. The van der Waals surface area contributed by atoms with Crippen molar-refractivity contribution in [1.29, 1.82) is 0 Å². The Morgan fingerprint density at radius 2 is 0.904 bits per heavy atom. The number of fused-ring (bicyclic) bond motifs is 8. The van der Waals surface area contributed by atoms with Crippen LogP contribution in [0.5, 0.6) is 23.0 Å². The van der Waals surface area contributed by atoms with Gasteiger partial charge in [0.2, 0.25) is 0 Å². The minimum atomic E-state index is -1.27. The molecule has 0 heterocycles. The van der Waals surface area contributed by atoms with E-state index >= 15 is 0 Å². The summed E-state index contributed by atoms with van der Waals surface area (Å²) in [5, 5.41) is 0. The lowest BCUT2D eigenvalue weighted by Crippen LogP contribution is -2.23. The molecule has 0 radical (unpaired) electrons. The van der Waals surface area contributed by atoms with Gasteiger partial charge in [-0.25, -0.2) is 0 Å². The third-order valence-electron chi connectivity index (χ3n) is 9.18. The molecule has 8 bridgehead atoms. The van der Waals surface area contributed by atoms with E-state index in [4.69, 9.17) is 18.9 Å². The van der Waals surface area contributed by atoms with Crippen LogP contribution in [0.3, 0.4) is 0 Å². The Morgan fingerprint density at radius 3 is 1.25 bits per heavy atom. The van der Waals surface area contributed by atoms with E-state index in [9.17, 15) is 4.21 Å². The van der Waals surface area contributed by atoms with E-state index in [2.05, 4.69) is 115 Å². The second kappa shape index (κ2) is 18.6. The molecule has 1 unspecified atom stereocenters. The van der Waals surface area contributed by atoms with Crippen LogP contribution in [0, 0.1) is 0 Å². The van der Waals surface area contributed by atoms with Crippen molar-refractivity contribution in [3.05, 3.63) is 105 Å². The number of ether oxygens (including phenoxy) is 4. The predicted molar refractivity (Wildman–Crippen MR) is 218 cm³/mol. The molecule has 4 aromatic rings. The molecule has 52 heavy (non-hydrogen) atoms. The standard InChI is InChI=1S/C45H58O5S2/c1-9-22-47-40-31-16-13-17-32(40)27-34-19-15-21-36(42(34)49-24-11-3)29-38-43(50-25-12-4)37(30-39(44(38)51-8)52(46)45(5,6)7)28-35-20-14-18-33(26-31)41(35)48-23-10-2/h13-21,30H,9-12,22-29H2,1-8H3. The zero-order valence-electron chi connectivity index (χ0n) is 32.6. The first kappa shape index (κ1) is 39.8. The fourth-order valence-electron chi connectivity index (χ4n) is 6.83. The van der Waals surface area contributed by atoms with Crippen molar-refractivity contribution in [2.75, 3.05) is 32.7 Å². The summed E-state index contributed by atoms with van der Waals surface area (Å²) in [6.45, 7) is 17.2. The van der Waals surface area contributed by atoms with Gasteiger partial charge in [-0.3, -0.25) is 4.21 Å². The average Bonchev–Trinajstić information content (AvgIpc) is 3.12. The summed E-state index contributed by atoms with van der Waals surface area (Å²) < 4.78 is 40.7. The molecule has 1 aliphatic rings. The van der Waals surface area contributed by atoms with Crippen molar-refractivity contribution < 1.29 is 23.2 Å². The molecule has 0 fully saturated rings. The first-order valence-corrected chi connectivity index (χ1v) is 21.5. The second-order valence-corrected chi connectivity index (χ2v) is 17.6. The molecule has 0 amide bonds. The maximum atomic E-state index is 14.4. The van der Waals surface area contributed by atoms with Gasteiger partial charge in [0.25, 0.3) is 0 Å². The lowest BCUT2D eigenvalue weighted by Gasteiger charge is -2.26. The van der Waals surface area contributed by atoms with Crippen LogP contribution in [0.25, 0.3) is 0 Å². The third kappa shape index (κ3) is 9.20. The second-order valence-electron chi connectivity index (χ2n) is 14.6. The highest BCUT2D eigenvalue weighted by atomic mass is 32.2. The van der Waals surface area contributed by atoms with Crippen LogP contribution in [0.1, 0.15) is 119 Å². The van der Waals surface area contributed by atoms with Gasteiger partial charge in [0.05, 0.1) is 42.1 Å². The van der Waals surface area contributed by atoms with Crippen LogP contribution in [0.4, 0.5) is 0 Å². The highest BCUT2D eigenvalue weighted by molar-refractivity contribution is 7.99. The molecule has 0 saturated heterocycles. The van der Waals surface area contributed by atoms with Crippen molar-refractivity contribution in [1.82, 2.24) is 0 Å². The van der Waals surface area contributed by atoms with E-state index < -0.39 is 15.5 Å². The highest BCUT2D eigenvalue weighted by Crippen LogP contribution is 2.44. The average molecular weight is 743 g/mol. The van der Waals surface area contributed by atoms with E-state index in [1.165, 1.54) is 0 Å². The number of hydrogen-bond donors (Lipinski definition) is 0. The van der Waals surface area contributed by atoms with Crippen LogP contribution < -0.4 is 18.9 Å². The van der Waals surface area contributed by atoms with Gasteiger partial charge in [-0.1, -0.05) is 82.3 Å². The largest absolute Gasteiger partial charge is 0.493 e. The monoisotopic (exact) mass is 742 g/mol. The van der Waals surface area contributed by atoms with Crippen LogP contribution in [-0.2, 0) is 36.5 Å². The first-order chi connectivity index (χ1) is 25.1. The normalized spacial score (nSPS) is 13.4. The summed E-state index contributed by atoms with van der Waals surface area (Å²) in [4.78, 5) is 1.89. The topological polar surface area (TPSA) is 54.0 Å². The van der Waals surface area contributed by atoms with Crippen LogP contribution in [0.15, 0.2) is 70.5 Å². The summed E-state index contributed by atoms with van der Waals surface area (Å²) >= 11 is 1.66. The third-order valence-corrected chi connectivity index (χ3v) is 12.0.